The fourth-order valence-corrected chi connectivity index (χ4v) is 2.76. The van der Waals surface area contributed by atoms with Crippen molar-refractivity contribution in [2.24, 2.45) is 0 Å². The van der Waals surface area contributed by atoms with E-state index in [9.17, 15) is 8.42 Å². The number of nitrogens with zero attached hydrogens (tertiary/aromatic N) is 1. The summed E-state index contributed by atoms with van der Waals surface area (Å²) in [5.74, 6) is 0. The van der Waals surface area contributed by atoms with E-state index in [1.165, 1.54) is 6.07 Å². The van der Waals surface area contributed by atoms with Gasteiger partial charge in [0.05, 0.1) is 4.90 Å². The van der Waals surface area contributed by atoms with Gasteiger partial charge in [0, 0.05) is 18.8 Å². The molecule has 3 N–H and O–H groups in total. The second-order valence-corrected chi connectivity index (χ2v) is 6.52. The summed E-state index contributed by atoms with van der Waals surface area (Å²) in [5, 5.41) is 0. The number of hydrogen-bond donors (Lipinski definition) is 2. The summed E-state index contributed by atoms with van der Waals surface area (Å²) in [6.07, 6.45) is 0. The summed E-state index contributed by atoms with van der Waals surface area (Å²) in [6.45, 7) is 7.71. The molecule has 19 heavy (non-hydrogen) atoms. The van der Waals surface area contributed by atoms with Crippen LogP contribution in [0.25, 0.3) is 0 Å². The van der Waals surface area contributed by atoms with Crippen LogP contribution in [0.2, 0.25) is 0 Å². The highest BCUT2D eigenvalue weighted by Crippen LogP contribution is 2.21. The Kier molecular flexibility index (Phi) is 5.34. The van der Waals surface area contributed by atoms with E-state index in [1.807, 2.05) is 32.7 Å². The van der Waals surface area contributed by atoms with Gasteiger partial charge < -0.3 is 10.6 Å². The van der Waals surface area contributed by atoms with Gasteiger partial charge in [-0.3, -0.25) is 0 Å². The lowest BCUT2D eigenvalue weighted by Crippen LogP contribution is -2.33. The highest BCUT2D eigenvalue weighted by atomic mass is 32.2. The zero-order chi connectivity index (χ0) is 14.6. The van der Waals surface area contributed by atoms with E-state index in [0.29, 0.717) is 18.8 Å². The van der Waals surface area contributed by atoms with Gasteiger partial charge in [0.25, 0.3) is 0 Å². The van der Waals surface area contributed by atoms with Crippen LogP contribution in [0, 0.1) is 13.8 Å². The van der Waals surface area contributed by atoms with Gasteiger partial charge in [-0.25, -0.2) is 13.1 Å². The first kappa shape index (κ1) is 15.9. The molecule has 0 bridgehead atoms. The lowest BCUT2D eigenvalue weighted by molar-refractivity contribution is 0.358. The molecule has 0 spiro atoms. The van der Waals surface area contributed by atoms with Crippen LogP contribution in [0.3, 0.4) is 0 Å². The van der Waals surface area contributed by atoms with Crippen LogP contribution in [0.5, 0.6) is 0 Å². The molecule has 0 radical (unpaired) electrons. The molecule has 0 saturated carbocycles. The Morgan fingerprint density at radius 1 is 1.32 bits per heavy atom. The predicted octanol–water partition coefficient (Wildman–Crippen LogP) is 1.12. The maximum Gasteiger partial charge on any atom is 0.240 e. The Hall–Kier alpha value is -1.11. The lowest BCUT2D eigenvalue weighted by atomic mass is 10.1. The first-order chi connectivity index (χ1) is 8.77. The summed E-state index contributed by atoms with van der Waals surface area (Å²) < 4.78 is 26.9. The molecule has 0 aromatic heterocycles. The van der Waals surface area contributed by atoms with Crippen molar-refractivity contribution in [3.63, 3.8) is 0 Å². The van der Waals surface area contributed by atoms with Crippen LogP contribution < -0.4 is 10.5 Å². The molecule has 5 nitrogen and oxygen atoms in total. The minimum atomic E-state index is -3.48. The Morgan fingerprint density at radius 2 is 1.95 bits per heavy atom. The smallest absolute Gasteiger partial charge is 0.240 e. The van der Waals surface area contributed by atoms with Crippen molar-refractivity contribution in [1.82, 2.24) is 9.62 Å². The van der Waals surface area contributed by atoms with E-state index in [0.717, 1.165) is 17.7 Å². The third-order valence-electron chi connectivity index (χ3n) is 3.32. The molecule has 0 heterocycles. The van der Waals surface area contributed by atoms with Crippen molar-refractivity contribution in [2.45, 2.75) is 25.7 Å². The van der Waals surface area contributed by atoms with E-state index in [2.05, 4.69) is 4.72 Å². The molecule has 1 aromatic rings. The molecule has 108 valence electrons. The number of sulfonamides is 1. The summed E-state index contributed by atoms with van der Waals surface area (Å²) in [5.41, 5.74) is 8.12. The van der Waals surface area contributed by atoms with Crippen LogP contribution >= 0.6 is 0 Å². The van der Waals surface area contributed by atoms with Crippen molar-refractivity contribution < 1.29 is 8.42 Å². The average molecular weight is 285 g/mol. The third kappa shape index (κ3) is 4.19. The monoisotopic (exact) mass is 285 g/mol. The molecule has 0 aliphatic carbocycles. The third-order valence-corrected chi connectivity index (χ3v) is 4.76. The molecule has 0 unspecified atom stereocenters. The van der Waals surface area contributed by atoms with Crippen molar-refractivity contribution in [3.05, 3.63) is 23.3 Å². The van der Waals surface area contributed by atoms with E-state index in [4.69, 9.17) is 5.73 Å². The number of anilines is 1. The molecule has 1 aromatic carbocycles. The van der Waals surface area contributed by atoms with E-state index < -0.39 is 10.0 Å². The predicted molar refractivity (Wildman–Crippen MR) is 78.7 cm³/mol. The average Bonchev–Trinajstić information content (AvgIpc) is 2.34. The first-order valence-electron chi connectivity index (χ1n) is 6.33. The van der Waals surface area contributed by atoms with Gasteiger partial charge in [-0.1, -0.05) is 6.92 Å². The number of nitrogens with two attached hydrogens (primary N) is 1. The van der Waals surface area contributed by atoms with Gasteiger partial charge in [0.15, 0.2) is 0 Å². The van der Waals surface area contributed by atoms with Gasteiger partial charge in [-0.2, -0.15) is 0 Å². The van der Waals surface area contributed by atoms with E-state index in [1.54, 1.807) is 6.07 Å². The molecule has 0 fully saturated rings. The van der Waals surface area contributed by atoms with Crippen LogP contribution in [0.1, 0.15) is 18.1 Å². The zero-order valence-electron chi connectivity index (χ0n) is 12.0. The maximum atomic E-state index is 12.1. The Bertz CT molecular complexity index is 518. The first-order valence-corrected chi connectivity index (χ1v) is 7.81. The summed E-state index contributed by atoms with van der Waals surface area (Å²) in [7, 11) is -1.54. The molecular formula is C13H23N3O2S. The molecule has 0 amide bonds. The Balaban J connectivity index is 2.83. The number of hydrogen-bond acceptors (Lipinski definition) is 4. The molecule has 0 saturated heterocycles. The number of nitrogen functional groups attached to an aromatic ring is 1. The van der Waals surface area contributed by atoms with Gasteiger partial charge in [0.1, 0.15) is 0 Å². The number of nitrogens with one attached hydrogen (secondary N) is 1. The molecule has 6 heteroatoms. The van der Waals surface area contributed by atoms with Gasteiger partial charge in [-0.15, -0.1) is 0 Å². The van der Waals surface area contributed by atoms with Crippen LogP contribution in [0.15, 0.2) is 17.0 Å². The number of rotatable bonds is 6. The maximum absolute atomic E-state index is 12.1. The largest absolute Gasteiger partial charge is 0.398 e. The summed E-state index contributed by atoms with van der Waals surface area (Å²) in [6, 6.07) is 3.16. The molecule has 0 aliphatic heterocycles. The second kappa shape index (κ2) is 6.36. The Morgan fingerprint density at radius 3 is 2.47 bits per heavy atom. The zero-order valence-corrected chi connectivity index (χ0v) is 12.8. The van der Waals surface area contributed by atoms with Crippen molar-refractivity contribution in [2.75, 3.05) is 32.4 Å². The van der Waals surface area contributed by atoms with E-state index in [-0.39, 0.29) is 4.90 Å². The standard InChI is InChI=1S/C13H23N3O2S/c1-5-16(4)7-6-15-19(17,18)12-8-10(2)11(3)13(14)9-12/h8-9,15H,5-7,14H2,1-4H3. The summed E-state index contributed by atoms with van der Waals surface area (Å²) >= 11 is 0. The number of likely N-dealkylation sites (N-methyl/N-ethyl adjacent to an activating group) is 1. The van der Waals surface area contributed by atoms with Gasteiger partial charge in [-0.05, 0) is 50.7 Å². The van der Waals surface area contributed by atoms with Crippen molar-refractivity contribution in [1.29, 1.82) is 0 Å². The van der Waals surface area contributed by atoms with Crippen LogP contribution in [0.4, 0.5) is 5.69 Å². The fourth-order valence-electron chi connectivity index (χ4n) is 1.62. The van der Waals surface area contributed by atoms with Crippen molar-refractivity contribution >= 4 is 15.7 Å². The number of benzene rings is 1. The quantitative estimate of drug-likeness (QED) is 0.768. The molecule has 1 rings (SSSR count). The topological polar surface area (TPSA) is 75.4 Å². The highest BCUT2D eigenvalue weighted by Gasteiger charge is 2.15. The van der Waals surface area contributed by atoms with Crippen LogP contribution in [-0.4, -0.2) is 40.0 Å². The Labute approximate surface area is 115 Å². The highest BCUT2D eigenvalue weighted by molar-refractivity contribution is 7.89. The minimum Gasteiger partial charge on any atom is -0.398 e. The minimum absolute atomic E-state index is 0.229. The molecule has 0 aliphatic rings. The number of aryl methyl sites for hydroxylation is 1. The van der Waals surface area contributed by atoms with Gasteiger partial charge in [0.2, 0.25) is 10.0 Å². The summed E-state index contributed by atoms with van der Waals surface area (Å²) in [4.78, 5) is 2.27. The van der Waals surface area contributed by atoms with Crippen LogP contribution in [-0.2, 0) is 10.0 Å². The molecule has 0 atom stereocenters. The second-order valence-electron chi connectivity index (χ2n) is 4.75. The normalized spacial score (nSPS) is 12.1. The van der Waals surface area contributed by atoms with Gasteiger partial charge >= 0.3 is 0 Å². The lowest BCUT2D eigenvalue weighted by Gasteiger charge is -2.15. The van der Waals surface area contributed by atoms with E-state index >= 15 is 0 Å². The SMILES string of the molecule is CCN(C)CCNS(=O)(=O)c1cc(C)c(C)c(N)c1. The van der Waals surface area contributed by atoms with Crippen molar-refractivity contribution in [3.8, 4) is 0 Å². The molecular weight excluding hydrogens is 262 g/mol. The fraction of sp³-hybridized carbons (Fsp3) is 0.538.